The van der Waals surface area contributed by atoms with Crippen LogP contribution in [0.4, 0.5) is 10.5 Å². The van der Waals surface area contributed by atoms with Crippen LogP contribution in [0.15, 0.2) is 53.0 Å². The van der Waals surface area contributed by atoms with Crippen LogP contribution < -0.4 is 5.32 Å². The minimum absolute atomic E-state index is 0.0257. The van der Waals surface area contributed by atoms with Gasteiger partial charge in [-0.3, -0.25) is 4.90 Å². The van der Waals surface area contributed by atoms with Crippen LogP contribution in [-0.4, -0.2) is 42.0 Å². The van der Waals surface area contributed by atoms with Crippen molar-refractivity contribution in [1.82, 2.24) is 9.80 Å². The summed E-state index contributed by atoms with van der Waals surface area (Å²) in [4.78, 5) is 16.8. The Labute approximate surface area is 170 Å². The predicted octanol–water partition coefficient (Wildman–Crippen LogP) is 5.10. The Kier molecular flexibility index (Phi) is 6.22. The third-order valence-corrected chi connectivity index (χ3v) is 5.45. The van der Waals surface area contributed by atoms with Gasteiger partial charge in [-0.2, -0.15) is 0 Å². The summed E-state index contributed by atoms with van der Waals surface area (Å²) in [6.45, 7) is 10.9. The topological polar surface area (TPSA) is 35.6 Å². The zero-order valence-corrected chi connectivity index (χ0v) is 17.9. The third-order valence-electron chi connectivity index (χ3n) is 4.96. The Balaban J connectivity index is 1.49. The Hall–Kier alpha value is -1.85. The highest BCUT2D eigenvalue weighted by Gasteiger charge is 2.21. The van der Waals surface area contributed by atoms with E-state index in [9.17, 15) is 4.79 Å². The van der Waals surface area contributed by atoms with Crippen LogP contribution in [0, 0.1) is 0 Å². The fraction of sp³-hybridized carbons (Fsp3) is 0.409. The van der Waals surface area contributed by atoms with Gasteiger partial charge in [0.15, 0.2) is 0 Å². The SMILES string of the molecule is CC(C)(C)c1ccc(CN2CCN(C(=O)Nc3cccc(Br)c3)CC2)cc1. The highest BCUT2D eigenvalue weighted by molar-refractivity contribution is 9.10. The van der Waals surface area contributed by atoms with Crippen molar-refractivity contribution in [1.29, 1.82) is 0 Å². The number of amides is 2. The molecule has 0 atom stereocenters. The predicted molar refractivity (Wildman–Crippen MR) is 115 cm³/mol. The summed E-state index contributed by atoms with van der Waals surface area (Å²) >= 11 is 3.43. The normalized spacial score (nSPS) is 15.6. The molecule has 2 aromatic rings. The van der Waals surface area contributed by atoms with Crippen molar-refractivity contribution in [2.75, 3.05) is 31.5 Å². The molecular weight excluding hydrogens is 402 g/mol. The smallest absolute Gasteiger partial charge is 0.321 e. The molecule has 27 heavy (non-hydrogen) atoms. The maximum absolute atomic E-state index is 12.5. The van der Waals surface area contributed by atoms with E-state index in [1.807, 2.05) is 29.2 Å². The number of carbonyl (C=O) groups excluding carboxylic acids is 1. The fourth-order valence-electron chi connectivity index (χ4n) is 3.25. The standard InChI is InChI=1S/C22H28BrN3O/c1-22(2,3)18-9-7-17(8-10-18)16-25-11-13-26(14-12-25)21(27)24-20-6-4-5-19(23)15-20/h4-10,15H,11-14,16H2,1-3H3,(H,24,27). The minimum atomic E-state index is -0.0257. The molecule has 5 heteroatoms. The number of piperazine rings is 1. The monoisotopic (exact) mass is 429 g/mol. The van der Waals surface area contributed by atoms with Crippen LogP contribution in [0.25, 0.3) is 0 Å². The molecule has 1 aliphatic rings. The second-order valence-electron chi connectivity index (χ2n) is 8.15. The number of halogens is 1. The quantitative estimate of drug-likeness (QED) is 0.736. The van der Waals surface area contributed by atoms with Gasteiger partial charge in [-0.1, -0.05) is 67.0 Å². The number of urea groups is 1. The second kappa shape index (κ2) is 8.44. The summed E-state index contributed by atoms with van der Waals surface area (Å²) in [5.41, 5.74) is 3.69. The molecule has 0 spiro atoms. The number of hydrogen-bond acceptors (Lipinski definition) is 2. The van der Waals surface area contributed by atoms with Crippen molar-refractivity contribution in [2.45, 2.75) is 32.7 Å². The Morgan fingerprint density at radius 2 is 1.70 bits per heavy atom. The third kappa shape index (κ3) is 5.56. The Bertz CT molecular complexity index is 775. The van der Waals surface area contributed by atoms with Gasteiger partial charge in [0, 0.05) is 42.9 Å². The van der Waals surface area contributed by atoms with E-state index in [0.717, 1.165) is 42.9 Å². The zero-order chi connectivity index (χ0) is 19.4. The van der Waals surface area contributed by atoms with Crippen molar-refractivity contribution in [3.63, 3.8) is 0 Å². The molecule has 0 bridgehead atoms. The number of rotatable bonds is 3. The fourth-order valence-corrected chi connectivity index (χ4v) is 3.65. The first-order valence-electron chi connectivity index (χ1n) is 9.44. The van der Waals surface area contributed by atoms with Crippen LogP contribution in [0.5, 0.6) is 0 Å². The van der Waals surface area contributed by atoms with Crippen molar-refractivity contribution < 1.29 is 4.79 Å². The zero-order valence-electron chi connectivity index (χ0n) is 16.3. The van der Waals surface area contributed by atoms with Gasteiger partial charge in [0.2, 0.25) is 0 Å². The lowest BCUT2D eigenvalue weighted by Gasteiger charge is -2.34. The van der Waals surface area contributed by atoms with Gasteiger partial charge in [-0.25, -0.2) is 4.79 Å². The summed E-state index contributed by atoms with van der Waals surface area (Å²) in [5, 5.41) is 2.98. The molecule has 0 saturated carbocycles. The molecule has 0 unspecified atom stereocenters. The number of benzene rings is 2. The molecule has 1 fully saturated rings. The van der Waals surface area contributed by atoms with E-state index >= 15 is 0 Å². The largest absolute Gasteiger partial charge is 0.322 e. The number of nitrogens with zero attached hydrogens (tertiary/aromatic N) is 2. The van der Waals surface area contributed by atoms with E-state index in [1.54, 1.807) is 0 Å². The maximum Gasteiger partial charge on any atom is 0.321 e. The van der Waals surface area contributed by atoms with E-state index in [-0.39, 0.29) is 11.4 Å². The molecule has 1 heterocycles. The summed E-state index contributed by atoms with van der Waals surface area (Å²) < 4.78 is 0.961. The molecule has 2 aromatic carbocycles. The summed E-state index contributed by atoms with van der Waals surface area (Å²) in [5.74, 6) is 0. The lowest BCUT2D eigenvalue weighted by atomic mass is 9.87. The molecule has 1 N–H and O–H groups in total. The first-order valence-corrected chi connectivity index (χ1v) is 10.2. The Morgan fingerprint density at radius 1 is 1.04 bits per heavy atom. The van der Waals surface area contributed by atoms with Crippen molar-refractivity contribution >= 4 is 27.6 Å². The molecule has 4 nitrogen and oxygen atoms in total. The molecular formula is C22H28BrN3O. The van der Waals surface area contributed by atoms with Crippen LogP contribution in [0.1, 0.15) is 31.9 Å². The van der Waals surface area contributed by atoms with Crippen LogP contribution >= 0.6 is 15.9 Å². The lowest BCUT2D eigenvalue weighted by Crippen LogP contribution is -2.49. The van der Waals surface area contributed by atoms with Gasteiger partial charge in [-0.05, 0) is 34.7 Å². The number of carbonyl (C=O) groups is 1. The highest BCUT2D eigenvalue weighted by atomic mass is 79.9. The molecule has 1 aliphatic heterocycles. The average Bonchev–Trinajstić information content (AvgIpc) is 2.62. The van der Waals surface area contributed by atoms with Crippen LogP contribution in [-0.2, 0) is 12.0 Å². The van der Waals surface area contributed by atoms with E-state index in [4.69, 9.17) is 0 Å². The van der Waals surface area contributed by atoms with E-state index < -0.39 is 0 Å². The average molecular weight is 430 g/mol. The van der Waals surface area contributed by atoms with Crippen molar-refractivity contribution in [2.24, 2.45) is 0 Å². The van der Waals surface area contributed by atoms with Gasteiger partial charge in [0.1, 0.15) is 0 Å². The number of nitrogens with one attached hydrogen (secondary N) is 1. The van der Waals surface area contributed by atoms with Crippen LogP contribution in [0.2, 0.25) is 0 Å². The molecule has 0 aliphatic carbocycles. The van der Waals surface area contributed by atoms with Gasteiger partial charge in [0.05, 0.1) is 0 Å². The summed E-state index contributed by atoms with van der Waals surface area (Å²) in [6, 6.07) is 16.6. The van der Waals surface area contributed by atoms with Gasteiger partial charge in [-0.15, -0.1) is 0 Å². The minimum Gasteiger partial charge on any atom is -0.322 e. The Morgan fingerprint density at radius 3 is 2.30 bits per heavy atom. The molecule has 3 rings (SSSR count). The lowest BCUT2D eigenvalue weighted by molar-refractivity contribution is 0.143. The summed E-state index contributed by atoms with van der Waals surface area (Å²) in [6.07, 6.45) is 0. The number of hydrogen-bond donors (Lipinski definition) is 1. The highest BCUT2D eigenvalue weighted by Crippen LogP contribution is 2.23. The van der Waals surface area contributed by atoms with Crippen molar-refractivity contribution in [3.05, 3.63) is 64.1 Å². The molecule has 0 aromatic heterocycles. The first kappa shape index (κ1) is 19.9. The molecule has 2 amide bonds. The van der Waals surface area contributed by atoms with Gasteiger partial charge in [0.25, 0.3) is 0 Å². The van der Waals surface area contributed by atoms with E-state index in [0.29, 0.717) is 0 Å². The second-order valence-corrected chi connectivity index (χ2v) is 9.07. The molecule has 0 radical (unpaired) electrons. The van der Waals surface area contributed by atoms with E-state index in [2.05, 4.69) is 71.2 Å². The van der Waals surface area contributed by atoms with E-state index in [1.165, 1.54) is 11.1 Å². The van der Waals surface area contributed by atoms with Gasteiger partial charge >= 0.3 is 6.03 Å². The first-order chi connectivity index (χ1) is 12.8. The number of anilines is 1. The maximum atomic E-state index is 12.5. The molecule has 1 saturated heterocycles. The van der Waals surface area contributed by atoms with Crippen molar-refractivity contribution in [3.8, 4) is 0 Å². The molecule has 144 valence electrons. The van der Waals surface area contributed by atoms with Crippen LogP contribution in [0.3, 0.4) is 0 Å². The summed E-state index contributed by atoms with van der Waals surface area (Å²) in [7, 11) is 0. The van der Waals surface area contributed by atoms with Gasteiger partial charge < -0.3 is 10.2 Å².